The smallest absolute Gasteiger partial charge is 0.237 e. The van der Waals surface area contributed by atoms with Crippen molar-refractivity contribution in [1.82, 2.24) is 9.55 Å². The van der Waals surface area contributed by atoms with Gasteiger partial charge in [-0.05, 0) is 36.4 Å². The Balaban J connectivity index is 1.72. The predicted molar refractivity (Wildman–Crippen MR) is 110 cm³/mol. The van der Waals surface area contributed by atoms with Crippen LogP contribution in [0, 0.1) is 0 Å². The maximum Gasteiger partial charge on any atom is 0.237 e. The van der Waals surface area contributed by atoms with Gasteiger partial charge in [0.1, 0.15) is 5.75 Å². The number of hydrogen-bond donors (Lipinski definition) is 0. The van der Waals surface area contributed by atoms with Gasteiger partial charge in [-0.1, -0.05) is 36.0 Å². The topological polar surface area (TPSA) is 47.4 Å². The van der Waals surface area contributed by atoms with Crippen LogP contribution in [0.15, 0.2) is 84.8 Å². The molecule has 3 aromatic rings. The molecule has 138 valence electrons. The first kappa shape index (κ1) is 18.8. The predicted octanol–water partition coefficient (Wildman–Crippen LogP) is 4.19. The number of ether oxygens (including phenoxy) is 1. The molecular weight excluding hydrogens is 358 g/mol. The van der Waals surface area contributed by atoms with Crippen LogP contribution < -0.4 is 9.64 Å². The van der Waals surface area contributed by atoms with Crippen molar-refractivity contribution < 1.29 is 9.53 Å². The van der Waals surface area contributed by atoms with E-state index in [1.54, 1.807) is 24.3 Å². The third-order valence-electron chi connectivity index (χ3n) is 3.96. The summed E-state index contributed by atoms with van der Waals surface area (Å²) >= 11 is 1.41. The first-order valence-corrected chi connectivity index (χ1v) is 9.48. The highest BCUT2D eigenvalue weighted by Crippen LogP contribution is 2.23. The van der Waals surface area contributed by atoms with Gasteiger partial charge in [0.25, 0.3) is 0 Å². The van der Waals surface area contributed by atoms with Crippen LogP contribution >= 0.6 is 11.8 Å². The Labute approximate surface area is 163 Å². The molecule has 3 rings (SSSR count). The fourth-order valence-corrected chi connectivity index (χ4v) is 3.48. The van der Waals surface area contributed by atoms with E-state index in [9.17, 15) is 4.79 Å². The average molecular weight is 379 g/mol. The van der Waals surface area contributed by atoms with Crippen molar-refractivity contribution in [2.24, 2.45) is 0 Å². The highest BCUT2D eigenvalue weighted by atomic mass is 32.2. The molecular formula is C21H21N3O2S. The summed E-state index contributed by atoms with van der Waals surface area (Å²) in [6, 6.07) is 17.3. The summed E-state index contributed by atoms with van der Waals surface area (Å²) in [6.07, 6.45) is 5.34. The first-order valence-electron chi connectivity index (χ1n) is 8.50. The number of hydrogen-bond acceptors (Lipinski definition) is 4. The van der Waals surface area contributed by atoms with Crippen LogP contribution in [0.4, 0.5) is 5.69 Å². The van der Waals surface area contributed by atoms with Crippen molar-refractivity contribution in [3.05, 3.63) is 79.6 Å². The molecule has 0 fully saturated rings. The number of rotatable bonds is 8. The zero-order valence-electron chi connectivity index (χ0n) is 15.1. The van der Waals surface area contributed by atoms with Gasteiger partial charge in [-0.15, -0.1) is 6.58 Å². The van der Waals surface area contributed by atoms with Crippen molar-refractivity contribution in [3.8, 4) is 11.4 Å². The Bertz CT molecular complexity index is 891. The second-order valence-electron chi connectivity index (χ2n) is 5.70. The number of carbonyl (C=O) groups is 1. The van der Waals surface area contributed by atoms with E-state index in [4.69, 9.17) is 4.74 Å². The molecule has 1 aromatic heterocycles. The Morgan fingerprint density at radius 1 is 1.22 bits per heavy atom. The van der Waals surface area contributed by atoms with Crippen LogP contribution in [0.25, 0.3) is 5.69 Å². The maximum absolute atomic E-state index is 12.8. The van der Waals surface area contributed by atoms with Crippen LogP contribution in [0.5, 0.6) is 5.75 Å². The van der Waals surface area contributed by atoms with Gasteiger partial charge in [-0.2, -0.15) is 0 Å². The summed E-state index contributed by atoms with van der Waals surface area (Å²) in [5.74, 6) is 1.09. The molecule has 5 nitrogen and oxygen atoms in total. The number of benzene rings is 2. The number of imidazole rings is 1. The monoisotopic (exact) mass is 379 g/mol. The fourth-order valence-electron chi connectivity index (χ4n) is 2.63. The molecule has 0 atom stereocenters. The molecule has 0 aliphatic carbocycles. The van der Waals surface area contributed by atoms with Crippen molar-refractivity contribution in [2.75, 3.05) is 24.3 Å². The van der Waals surface area contributed by atoms with E-state index >= 15 is 0 Å². The van der Waals surface area contributed by atoms with Gasteiger partial charge in [0.15, 0.2) is 5.16 Å². The molecule has 1 amide bonds. The van der Waals surface area contributed by atoms with E-state index in [-0.39, 0.29) is 11.7 Å². The number of methoxy groups -OCH3 is 1. The summed E-state index contributed by atoms with van der Waals surface area (Å²) in [7, 11) is 1.64. The van der Waals surface area contributed by atoms with Crippen molar-refractivity contribution in [3.63, 3.8) is 0 Å². The fraction of sp³-hybridized carbons (Fsp3) is 0.143. The lowest BCUT2D eigenvalue weighted by molar-refractivity contribution is -0.116. The Morgan fingerprint density at radius 2 is 1.96 bits per heavy atom. The summed E-state index contributed by atoms with van der Waals surface area (Å²) in [5.41, 5.74) is 1.83. The van der Waals surface area contributed by atoms with Gasteiger partial charge < -0.3 is 9.64 Å². The van der Waals surface area contributed by atoms with E-state index in [1.807, 2.05) is 65.4 Å². The van der Waals surface area contributed by atoms with Crippen LogP contribution in [-0.4, -0.2) is 34.9 Å². The zero-order chi connectivity index (χ0) is 19.1. The SMILES string of the molecule is C=CCN(C(=O)CSc1nccn1-c1ccc(OC)cc1)c1ccccc1. The van der Waals surface area contributed by atoms with Crippen molar-refractivity contribution in [2.45, 2.75) is 5.16 Å². The number of carbonyl (C=O) groups excluding carboxylic acids is 1. The number of amides is 1. The largest absolute Gasteiger partial charge is 0.497 e. The molecule has 0 spiro atoms. The van der Waals surface area contributed by atoms with E-state index in [0.717, 1.165) is 22.3 Å². The molecule has 0 aliphatic rings. The van der Waals surface area contributed by atoms with Gasteiger partial charge in [-0.3, -0.25) is 9.36 Å². The summed E-state index contributed by atoms with van der Waals surface area (Å²) in [6.45, 7) is 4.23. The number of aromatic nitrogens is 2. The molecule has 0 unspecified atom stereocenters. The molecule has 0 saturated heterocycles. The maximum atomic E-state index is 12.8. The van der Waals surface area contributed by atoms with E-state index in [0.29, 0.717) is 6.54 Å². The van der Waals surface area contributed by atoms with Gasteiger partial charge >= 0.3 is 0 Å². The lowest BCUT2D eigenvalue weighted by Crippen LogP contribution is -2.32. The minimum atomic E-state index is 0.00961. The molecule has 1 heterocycles. The van der Waals surface area contributed by atoms with Gasteiger partial charge in [0.2, 0.25) is 5.91 Å². The summed E-state index contributed by atoms with van der Waals surface area (Å²) in [5, 5.41) is 0.764. The van der Waals surface area contributed by atoms with E-state index in [1.165, 1.54) is 11.8 Å². The molecule has 0 saturated carbocycles. The molecule has 0 bridgehead atoms. The van der Waals surface area contributed by atoms with Crippen LogP contribution in [0.1, 0.15) is 0 Å². The normalized spacial score (nSPS) is 10.4. The lowest BCUT2D eigenvalue weighted by Gasteiger charge is -2.21. The number of para-hydroxylation sites is 1. The highest BCUT2D eigenvalue weighted by molar-refractivity contribution is 7.99. The van der Waals surface area contributed by atoms with Crippen LogP contribution in [-0.2, 0) is 4.79 Å². The summed E-state index contributed by atoms with van der Waals surface area (Å²) < 4.78 is 7.15. The third kappa shape index (κ3) is 4.60. The molecule has 0 radical (unpaired) electrons. The Kier molecular flexibility index (Phi) is 6.33. The second-order valence-corrected chi connectivity index (χ2v) is 6.64. The van der Waals surface area contributed by atoms with Gasteiger partial charge in [0, 0.05) is 30.3 Å². The van der Waals surface area contributed by atoms with E-state index in [2.05, 4.69) is 11.6 Å². The first-order chi connectivity index (χ1) is 13.2. The van der Waals surface area contributed by atoms with Gasteiger partial charge in [-0.25, -0.2) is 4.98 Å². The van der Waals surface area contributed by atoms with Crippen LogP contribution in [0.3, 0.4) is 0 Å². The van der Waals surface area contributed by atoms with Gasteiger partial charge in [0.05, 0.1) is 12.9 Å². The minimum absolute atomic E-state index is 0.00961. The zero-order valence-corrected chi connectivity index (χ0v) is 15.9. The quantitative estimate of drug-likeness (QED) is 0.435. The molecule has 0 aliphatic heterocycles. The molecule has 0 N–H and O–H groups in total. The lowest BCUT2D eigenvalue weighted by atomic mass is 10.3. The summed E-state index contributed by atoms with van der Waals surface area (Å²) in [4.78, 5) is 18.9. The standard InChI is InChI=1S/C21H21N3O2S/c1-3-14-23(17-7-5-4-6-8-17)20(25)16-27-21-22-13-15-24(21)18-9-11-19(26-2)12-10-18/h3-13,15H,1,14,16H2,2H3. The Hall–Kier alpha value is -2.99. The second kappa shape index (κ2) is 9.09. The van der Waals surface area contributed by atoms with Crippen molar-refractivity contribution in [1.29, 1.82) is 0 Å². The number of nitrogens with zero attached hydrogens (tertiary/aromatic N) is 3. The Morgan fingerprint density at radius 3 is 2.63 bits per heavy atom. The third-order valence-corrected chi connectivity index (χ3v) is 4.91. The molecule has 27 heavy (non-hydrogen) atoms. The number of anilines is 1. The number of thioether (sulfide) groups is 1. The minimum Gasteiger partial charge on any atom is -0.497 e. The molecule has 2 aromatic carbocycles. The highest BCUT2D eigenvalue weighted by Gasteiger charge is 2.16. The van der Waals surface area contributed by atoms with Crippen molar-refractivity contribution >= 4 is 23.4 Å². The average Bonchev–Trinajstić information content (AvgIpc) is 3.19. The molecule has 6 heteroatoms. The van der Waals surface area contributed by atoms with Crippen LogP contribution in [0.2, 0.25) is 0 Å². The van der Waals surface area contributed by atoms with E-state index < -0.39 is 0 Å².